The molecule has 1 aliphatic rings. The van der Waals surface area contributed by atoms with Gasteiger partial charge < -0.3 is 4.90 Å². The molecule has 19 heavy (non-hydrogen) atoms. The summed E-state index contributed by atoms with van der Waals surface area (Å²) in [5, 5.41) is 0.307. The Balaban J connectivity index is 2.08. The van der Waals surface area contributed by atoms with Gasteiger partial charge in [-0.1, -0.05) is 17.7 Å². The van der Waals surface area contributed by atoms with Crippen LogP contribution in [0.1, 0.15) is 24.8 Å². The van der Waals surface area contributed by atoms with Gasteiger partial charge in [-0.05, 0) is 31.4 Å². The highest BCUT2D eigenvalue weighted by molar-refractivity contribution is 6.31. The number of carbonyl (C=O) groups excluding carboxylic acids is 1. The number of hydrogen-bond donors (Lipinski definition) is 0. The molecule has 1 aliphatic heterocycles. The molecule has 0 aromatic heterocycles. The topological polar surface area (TPSA) is 20.3 Å². The summed E-state index contributed by atoms with van der Waals surface area (Å²) in [6, 6.07) is 4.66. The molecule has 1 heterocycles. The first-order chi connectivity index (χ1) is 9.13. The predicted octanol–water partition coefficient (Wildman–Crippen LogP) is 3.64. The number of halogens is 3. The minimum atomic E-state index is -0.422. The number of nitrogens with zero attached hydrogens (tertiary/aromatic N) is 1. The van der Waals surface area contributed by atoms with E-state index in [1.807, 2.05) is 4.90 Å². The Hall–Kier alpha value is -0.800. The molecule has 2 nitrogen and oxygen atoms in total. The Bertz CT molecular complexity index is 447. The normalized spacial score (nSPS) is 18.9. The molecule has 0 radical (unpaired) electrons. The van der Waals surface area contributed by atoms with Gasteiger partial charge in [-0.2, -0.15) is 0 Å². The van der Waals surface area contributed by atoms with Crippen LogP contribution in [0.4, 0.5) is 4.39 Å². The van der Waals surface area contributed by atoms with Crippen molar-refractivity contribution in [3.05, 3.63) is 34.6 Å². The molecule has 0 saturated carbocycles. The first kappa shape index (κ1) is 14.6. The average molecular weight is 304 g/mol. The van der Waals surface area contributed by atoms with Gasteiger partial charge in [-0.25, -0.2) is 4.39 Å². The fourth-order valence-corrected chi connectivity index (χ4v) is 3.03. The van der Waals surface area contributed by atoms with E-state index in [-0.39, 0.29) is 23.9 Å². The number of amides is 1. The van der Waals surface area contributed by atoms with Gasteiger partial charge in [0, 0.05) is 29.1 Å². The third-order valence-corrected chi connectivity index (χ3v) is 4.10. The third-order valence-electron chi connectivity index (χ3n) is 3.53. The molecule has 0 spiro atoms. The lowest BCUT2D eigenvalue weighted by Gasteiger charge is -2.24. The minimum Gasteiger partial charge on any atom is -0.339 e. The minimum absolute atomic E-state index is 0.0181. The SMILES string of the molecule is O=C(Cc1c(F)cccc1Cl)N1CCCC1CCCl. The number of benzene rings is 1. The van der Waals surface area contributed by atoms with Crippen LogP contribution in [0.2, 0.25) is 5.02 Å². The van der Waals surface area contributed by atoms with Gasteiger partial charge in [0.05, 0.1) is 6.42 Å². The van der Waals surface area contributed by atoms with E-state index in [0.717, 1.165) is 25.8 Å². The van der Waals surface area contributed by atoms with Crippen molar-refractivity contribution in [1.82, 2.24) is 4.90 Å². The molecule has 1 aromatic carbocycles. The first-order valence-corrected chi connectivity index (χ1v) is 7.33. The molecule has 104 valence electrons. The smallest absolute Gasteiger partial charge is 0.227 e. The van der Waals surface area contributed by atoms with Crippen molar-refractivity contribution in [3.8, 4) is 0 Å². The second-order valence-electron chi connectivity index (χ2n) is 4.74. The van der Waals surface area contributed by atoms with Crippen LogP contribution in [0.15, 0.2) is 18.2 Å². The van der Waals surface area contributed by atoms with Crippen molar-refractivity contribution >= 4 is 29.1 Å². The van der Waals surface area contributed by atoms with E-state index < -0.39 is 5.82 Å². The molecule has 2 rings (SSSR count). The first-order valence-electron chi connectivity index (χ1n) is 6.42. The maximum Gasteiger partial charge on any atom is 0.227 e. The summed E-state index contributed by atoms with van der Waals surface area (Å²) >= 11 is 11.7. The van der Waals surface area contributed by atoms with E-state index in [1.54, 1.807) is 6.07 Å². The molecule has 5 heteroatoms. The Morgan fingerprint density at radius 2 is 2.26 bits per heavy atom. The summed E-state index contributed by atoms with van der Waals surface area (Å²) in [4.78, 5) is 14.1. The number of alkyl halides is 1. The molecule has 1 saturated heterocycles. The Morgan fingerprint density at radius 3 is 2.95 bits per heavy atom. The number of carbonyl (C=O) groups is 1. The summed E-state index contributed by atoms with van der Waals surface area (Å²) < 4.78 is 13.7. The van der Waals surface area contributed by atoms with Crippen molar-refractivity contribution < 1.29 is 9.18 Å². The van der Waals surface area contributed by atoms with E-state index in [4.69, 9.17) is 23.2 Å². The molecular weight excluding hydrogens is 288 g/mol. The maximum absolute atomic E-state index is 13.7. The van der Waals surface area contributed by atoms with Gasteiger partial charge in [0.25, 0.3) is 0 Å². The van der Waals surface area contributed by atoms with Gasteiger partial charge in [0.1, 0.15) is 5.82 Å². The zero-order valence-electron chi connectivity index (χ0n) is 10.5. The van der Waals surface area contributed by atoms with Gasteiger partial charge >= 0.3 is 0 Å². The molecule has 1 unspecified atom stereocenters. The van der Waals surface area contributed by atoms with Crippen molar-refractivity contribution in [3.63, 3.8) is 0 Å². The highest BCUT2D eigenvalue weighted by atomic mass is 35.5. The maximum atomic E-state index is 13.7. The Labute approximate surface area is 122 Å². The quantitative estimate of drug-likeness (QED) is 0.778. The van der Waals surface area contributed by atoms with Crippen LogP contribution in [0, 0.1) is 5.82 Å². The molecule has 0 bridgehead atoms. The van der Waals surface area contributed by atoms with Crippen molar-refractivity contribution in [1.29, 1.82) is 0 Å². The Kier molecular flexibility index (Phi) is 5.06. The number of likely N-dealkylation sites (tertiary alicyclic amines) is 1. The number of rotatable bonds is 4. The van der Waals surface area contributed by atoms with E-state index in [1.165, 1.54) is 12.1 Å². The molecule has 1 amide bonds. The molecule has 0 aliphatic carbocycles. The highest BCUT2D eigenvalue weighted by Crippen LogP contribution is 2.24. The number of hydrogen-bond acceptors (Lipinski definition) is 1. The summed E-state index contributed by atoms with van der Waals surface area (Å²) in [5.41, 5.74) is 0.283. The summed E-state index contributed by atoms with van der Waals surface area (Å²) in [6.07, 6.45) is 2.77. The average Bonchev–Trinajstić information content (AvgIpc) is 2.83. The van der Waals surface area contributed by atoms with E-state index in [2.05, 4.69) is 0 Å². The fraction of sp³-hybridized carbons (Fsp3) is 0.500. The van der Waals surface area contributed by atoms with Crippen LogP contribution in [0.25, 0.3) is 0 Å². The Morgan fingerprint density at radius 1 is 1.47 bits per heavy atom. The lowest BCUT2D eigenvalue weighted by atomic mass is 10.1. The molecule has 0 N–H and O–H groups in total. The third kappa shape index (κ3) is 3.40. The van der Waals surface area contributed by atoms with Crippen molar-refractivity contribution in [2.75, 3.05) is 12.4 Å². The van der Waals surface area contributed by atoms with Crippen molar-refractivity contribution in [2.45, 2.75) is 31.7 Å². The van der Waals surface area contributed by atoms with Crippen LogP contribution in [-0.2, 0) is 11.2 Å². The molecule has 1 fully saturated rings. The summed E-state index contributed by atoms with van der Waals surface area (Å²) in [7, 11) is 0. The largest absolute Gasteiger partial charge is 0.339 e. The summed E-state index contributed by atoms with van der Waals surface area (Å²) in [6.45, 7) is 0.729. The van der Waals surface area contributed by atoms with E-state index >= 15 is 0 Å². The van der Waals surface area contributed by atoms with E-state index in [0.29, 0.717) is 10.9 Å². The zero-order valence-corrected chi connectivity index (χ0v) is 12.1. The predicted molar refractivity (Wildman–Crippen MR) is 75.2 cm³/mol. The van der Waals surface area contributed by atoms with Crippen LogP contribution < -0.4 is 0 Å². The second-order valence-corrected chi connectivity index (χ2v) is 5.52. The van der Waals surface area contributed by atoms with E-state index in [9.17, 15) is 9.18 Å². The van der Waals surface area contributed by atoms with Crippen molar-refractivity contribution in [2.24, 2.45) is 0 Å². The van der Waals surface area contributed by atoms with Crippen LogP contribution >= 0.6 is 23.2 Å². The van der Waals surface area contributed by atoms with Gasteiger partial charge in [-0.3, -0.25) is 4.79 Å². The highest BCUT2D eigenvalue weighted by Gasteiger charge is 2.28. The lowest BCUT2D eigenvalue weighted by Crippen LogP contribution is -2.37. The van der Waals surface area contributed by atoms with Crippen LogP contribution in [-0.4, -0.2) is 29.3 Å². The van der Waals surface area contributed by atoms with Crippen LogP contribution in [0.3, 0.4) is 0 Å². The van der Waals surface area contributed by atoms with Gasteiger partial charge in [0.2, 0.25) is 5.91 Å². The molecular formula is C14H16Cl2FNO. The molecule has 1 aromatic rings. The molecule has 1 atom stereocenters. The van der Waals surface area contributed by atoms with Gasteiger partial charge in [0.15, 0.2) is 0 Å². The summed E-state index contributed by atoms with van der Waals surface area (Å²) in [5.74, 6) is 0.0445. The zero-order chi connectivity index (χ0) is 13.8. The monoisotopic (exact) mass is 303 g/mol. The van der Waals surface area contributed by atoms with Gasteiger partial charge in [-0.15, -0.1) is 11.6 Å². The second kappa shape index (κ2) is 6.58. The standard InChI is InChI=1S/C14H16Cl2FNO/c15-7-6-10-3-2-8-18(10)14(19)9-11-12(16)4-1-5-13(11)17/h1,4-5,10H,2-3,6-9H2. The van der Waals surface area contributed by atoms with Crippen LogP contribution in [0.5, 0.6) is 0 Å². The lowest BCUT2D eigenvalue weighted by molar-refractivity contribution is -0.131. The fourth-order valence-electron chi connectivity index (χ4n) is 2.54.